The molecule has 6 heteroatoms. The molecule has 0 aromatic heterocycles. The second kappa shape index (κ2) is 6.95. The van der Waals surface area contributed by atoms with Gasteiger partial charge >= 0.3 is 0 Å². The standard InChI is InChI=1S/C18H16BrClN2O2/c1-12-17(23)22(16-7-5-15(20)6-8-16)10-9-21(12)18(24)13-3-2-4-14(19)11-13/h2-8,11-12H,9-10H2,1H3/t12-/m0/s1. The molecule has 1 atom stereocenters. The summed E-state index contributed by atoms with van der Waals surface area (Å²) in [6.07, 6.45) is 0. The first kappa shape index (κ1) is 17.0. The number of hydrogen-bond donors (Lipinski definition) is 0. The number of rotatable bonds is 2. The van der Waals surface area contributed by atoms with E-state index in [1.165, 1.54) is 0 Å². The van der Waals surface area contributed by atoms with E-state index in [2.05, 4.69) is 15.9 Å². The molecule has 0 bridgehead atoms. The van der Waals surface area contributed by atoms with Crippen LogP contribution in [-0.4, -0.2) is 35.8 Å². The first-order chi connectivity index (χ1) is 11.5. The second-order valence-electron chi connectivity index (χ2n) is 5.65. The summed E-state index contributed by atoms with van der Waals surface area (Å²) < 4.78 is 0.840. The molecule has 1 fully saturated rings. The number of amides is 2. The second-order valence-corrected chi connectivity index (χ2v) is 7.00. The average molecular weight is 408 g/mol. The molecule has 1 heterocycles. The molecule has 0 N–H and O–H groups in total. The zero-order chi connectivity index (χ0) is 17.3. The third-order valence-corrected chi connectivity index (χ3v) is 4.87. The van der Waals surface area contributed by atoms with Crippen LogP contribution in [-0.2, 0) is 4.79 Å². The van der Waals surface area contributed by atoms with Gasteiger partial charge in [0.1, 0.15) is 6.04 Å². The van der Waals surface area contributed by atoms with Crippen molar-refractivity contribution >= 4 is 45.0 Å². The number of carbonyl (C=O) groups is 2. The van der Waals surface area contributed by atoms with E-state index in [4.69, 9.17) is 11.6 Å². The van der Waals surface area contributed by atoms with Crippen molar-refractivity contribution in [1.29, 1.82) is 0 Å². The summed E-state index contributed by atoms with van der Waals surface area (Å²) in [6, 6.07) is 13.8. The fraction of sp³-hybridized carbons (Fsp3) is 0.222. The van der Waals surface area contributed by atoms with E-state index in [1.807, 2.05) is 24.3 Å². The third kappa shape index (κ3) is 3.32. The predicted octanol–water partition coefficient (Wildman–Crippen LogP) is 3.98. The lowest BCUT2D eigenvalue weighted by molar-refractivity contribution is -0.124. The molecule has 124 valence electrons. The van der Waals surface area contributed by atoms with Crippen molar-refractivity contribution in [3.63, 3.8) is 0 Å². The maximum atomic E-state index is 12.7. The van der Waals surface area contributed by atoms with Crippen molar-refractivity contribution in [2.75, 3.05) is 18.0 Å². The Bertz CT molecular complexity index is 779. The first-order valence-corrected chi connectivity index (χ1v) is 8.78. The van der Waals surface area contributed by atoms with E-state index < -0.39 is 6.04 Å². The van der Waals surface area contributed by atoms with Gasteiger partial charge in [0, 0.05) is 33.8 Å². The van der Waals surface area contributed by atoms with Gasteiger partial charge in [-0.05, 0) is 49.4 Å². The van der Waals surface area contributed by atoms with E-state index in [9.17, 15) is 9.59 Å². The number of hydrogen-bond acceptors (Lipinski definition) is 2. The molecular formula is C18H16BrClN2O2. The number of benzene rings is 2. The van der Waals surface area contributed by atoms with Gasteiger partial charge in [0.2, 0.25) is 5.91 Å². The smallest absolute Gasteiger partial charge is 0.254 e. The minimum atomic E-state index is -0.513. The fourth-order valence-corrected chi connectivity index (χ4v) is 3.34. The number of nitrogens with zero attached hydrogens (tertiary/aromatic N) is 2. The highest BCUT2D eigenvalue weighted by molar-refractivity contribution is 9.10. The van der Waals surface area contributed by atoms with Crippen LogP contribution in [0.1, 0.15) is 17.3 Å². The van der Waals surface area contributed by atoms with Crippen molar-refractivity contribution in [3.05, 3.63) is 63.6 Å². The molecule has 0 aliphatic carbocycles. The molecule has 2 aromatic rings. The minimum Gasteiger partial charge on any atom is -0.325 e. The van der Waals surface area contributed by atoms with Crippen LogP contribution >= 0.6 is 27.5 Å². The van der Waals surface area contributed by atoms with Crippen LogP contribution in [0.3, 0.4) is 0 Å². The maximum Gasteiger partial charge on any atom is 0.254 e. The van der Waals surface area contributed by atoms with Gasteiger partial charge in [-0.1, -0.05) is 33.6 Å². The van der Waals surface area contributed by atoms with Gasteiger partial charge in [-0.3, -0.25) is 9.59 Å². The highest BCUT2D eigenvalue weighted by Crippen LogP contribution is 2.24. The van der Waals surface area contributed by atoms with Crippen molar-refractivity contribution in [2.24, 2.45) is 0 Å². The molecule has 4 nitrogen and oxygen atoms in total. The Morgan fingerprint density at radius 2 is 1.88 bits per heavy atom. The molecule has 2 aromatic carbocycles. The zero-order valence-electron chi connectivity index (χ0n) is 13.1. The van der Waals surface area contributed by atoms with Crippen LogP contribution in [0.5, 0.6) is 0 Å². The SMILES string of the molecule is C[C@H]1C(=O)N(c2ccc(Cl)cc2)CCN1C(=O)c1cccc(Br)c1. The van der Waals surface area contributed by atoms with Gasteiger partial charge in [-0.25, -0.2) is 0 Å². The molecular weight excluding hydrogens is 392 g/mol. The number of carbonyl (C=O) groups excluding carboxylic acids is 2. The van der Waals surface area contributed by atoms with Gasteiger partial charge in [-0.15, -0.1) is 0 Å². The highest BCUT2D eigenvalue weighted by Gasteiger charge is 2.35. The molecule has 3 rings (SSSR count). The van der Waals surface area contributed by atoms with Gasteiger partial charge in [0.05, 0.1) is 0 Å². The van der Waals surface area contributed by atoms with Crippen LogP contribution in [0.2, 0.25) is 5.02 Å². The Morgan fingerprint density at radius 3 is 2.54 bits per heavy atom. The van der Waals surface area contributed by atoms with Gasteiger partial charge < -0.3 is 9.80 Å². The van der Waals surface area contributed by atoms with Crippen molar-refractivity contribution in [2.45, 2.75) is 13.0 Å². The quantitative estimate of drug-likeness (QED) is 0.755. The number of anilines is 1. The normalized spacial score (nSPS) is 18.0. The summed E-state index contributed by atoms with van der Waals surface area (Å²) in [4.78, 5) is 28.7. The van der Waals surface area contributed by atoms with E-state index in [-0.39, 0.29) is 11.8 Å². The van der Waals surface area contributed by atoms with Crippen molar-refractivity contribution in [3.8, 4) is 0 Å². The largest absolute Gasteiger partial charge is 0.325 e. The van der Waals surface area contributed by atoms with Gasteiger partial charge in [-0.2, -0.15) is 0 Å². The minimum absolute atomic E-state index is 0.0908. The molecule has 2 amide bonds. The Hall–Kier alpha value is -1.85. The Kier molecular flexibility index (Phi) is 4.92. The van der Waals surface area contributed by atoms with E-state index >= 15 is 0 Å². The van der Waals surface area contributed by atoms with E-state index in [0.29, 0.717) is 23.7 Å². The monoisotopic (exact) mass is 406 g/mol. The fourth-order valence-electron chi connectivity index (χ4n) is 2.81. The van der Waals surface area contributed by atoms with Crippen molar-refractivity contribution in [1.82, 2.24) is 4.90 Å². The van der Waals surface area contributed by atoms with Crippen molar-refractivity contribution < 1.29 is 9.59 Å². The molecule has 0 spiro atoms. The molecule has 0 radical (unpaired) electrons. The van der Waals surface area contributed by atoms with E-state index in [1.54, 1.807) is 41.0 Å². The summed E-state index contributed by atoms with van der Waals surface area (Å²) in [7, 11) is 0. The Balaban J connectivity index is 1.79. The molecule has 1 aliphatic heterocycles. The summed E-state index contributed by atoms with van der Waals surface area (Å²) in [5.74, 6) is -0.222. The number of piperazine rings is 1. The summed E-state index contributed by atoms with van der Waals surface area (Å²) in [6.45, 7) is 2.71. The molecule has 1 saturated heterocycles. The Labute approximate surface area is 154 Å². The maximum absolute atomic E-state index is 12.7. The predicted molar refractivity (Wildman–Crippen MR) is 98.4 cm³/mol. The lowest BCUT2D eigenvalue weighted by atomic mass is 10.1. The topological polar surface area (TPSA) is 40.6 Å². The number of halogens is 2. The molecule has 0 unspecified atom stereocenters. The first-order valence-electron chi connectivity index (χ1n) is 7.61. The van der Waals surface area contributed by atoms with Crippen LogP contribution < -0.4 is 4.90 Å². The van der Waals surface area contributed by atoms with Crippen LogP contribution in [0.4, 0.5) is 5.69 Å². The lowest BCUT2D eigenvalue weighted by Crippen LogP contribution is -2.57. The summed E-state index contributed by atoms with van der Waals surface area (Å²) in [5.41, 5.74) is 1.37. The average Bonchev–Trinajstić information content (AvgIpc) is 2.58. The zero-order valence-corrected chi connectivity index (χ0v) is 15.4. The molecule has 24 heavy (non-hydrogen) atoms. The Morgan fingerprint density at radius 1 is 1.17 bits per heavy atom. The molecule has 0 saturated carbocycles. The summed E-state index contributed by atoms with van der Waals surface area (Å²) in [5, 5.41) is 0.628. The van der Waals surface area contributed by atoms with E-state index in [0.717, 1.165) is 10.2 Å². The lowest BCUT2D eigenvalue weighted by Gasteiger charge is -2.39. The van der Waals surface area contributed by atoms with Crippen LogP contribution in [0.15, 0.2) is 53.0 Å². The van der Waals surface area contributed by atoms with Crippen LogP contribution in [0, 0.1) is 0 Å². The van der Waals surface area contributed by atoms with Gasteiger partial charge in [0.15, 0.2) is 0 Å². The third-order valence-electron chi connectivity index (χ3n) is 4.13. The highest BCUT2D eigenvalue weighted by atomic mass is 79.9. The van der Waals surface area contributed by atoms with Crippen LogP contribution in [0.25, 0.3) is 0 Å². The van der Waals surface area contributed by atoms with Gasteiger partial charge in [0.25, 0.3) is 5.91 Å². The summed E-state index contributed by atoms with van der Waals surface area (Å²) >= 11 is 9.27. The molecule has 1 aliphatic rings.